The Bertz CT molecular complexity index is 600. The first-order valence-corrected chi connectivity index (χ1v) is 7.07. The molecule has 2 atom stereocenters. The predicted octanol–water partition coefficient (Wildman–Crippen LogP) is 1.56. The SMILES string of the molecule is Cc1cc(NC(=O)[C@@H]2CCCO[C@H]2c2cn[nH]c2)nn1C. The molecule has 7 nitrogen and oxygen atoms in total. The number of anilines is 1. The van der Waals surface area contributed by atoms with Crippen LogP contribution in [0.5, 0.6) is 0 Å². The summed E-state index contributed by atoms with van der Waals surface area (Å²) in [7, 11) is 1.85. The minimum Gasteiger partial charge on any atom is -0.373 e. The van der Waals surface area contributed by atoms with E-state index in [4.69, 9.17) is 4.74 Å². The lowest BCUT2D eigenvalue weighted by Gasteiger charge is -2.29. The minimum atomic E-state index is -0.248. The van der Waals surface area contributed by atoms with Gasteiger partial charge >= 0.3 is 0 Å². The van der Waals surface area contributed by atoms with Crippen LogP contribution in [0.25, 0.3) is 0 Å². The standard InChI is InChI=1S/C14H19N5O2/c1-9-6-12(18-19(9)2)17-14(20)11-4-3-5-21-13(11)10-7-15-16-8-10/h6-8,11,13H,3-5H2,1-2H3,(H,15,16)(H,17,18,20)/t11-,13+/m1/s1. The molecule has 1 aliphatic rings. The monoisotopic (exact) mass is 289 g/mol. The Labute approximate surface area is 122 Å². The van der Waals surface area contributed by atoms with Crippen LogP contribution in [0, 0.1) is 12.8 Å². The number of hydrogen-bond donors (Lipinski definition) is 2. The zero-order valence-electron chi connectivity index (χ0n) is 12.2. The number of nitrogens with one attached hydrogen (secondary N) is 2. The number of nitrogens with zero attached hydrogens (tertiary/aromatic N) is 3. The number of ether oxygens (including phenoxy) is 1. The van der Waals surface area contributed by atoms with Gasteiger partial charge in [0.05, 0.1) is 18.2 Å². The summed E-state index contributed by atoms with van der Waals surface area (Å²) < 4.78 is 7.51. The molecule has 0 aromatic carbocycles. The van der Waals surface area contributed by atoms with Gasteiger partial charge in [0.25, 0.3) is 0 Å². The molecule has 7 heteroatoms. The molecule has 1 fully saturated rings. The van der Waals surface area contributed by atoms with Crippen LogP contribution in [-0.4, -0.2) is 32.5 Å². The van der Waals surface area contributed by atoms with E-state index in [2.05, 4.69) is 20.6 Å². The normalized spacial score (nSPS) is 22.2. The molecule has 2 aromatic rings. The minimum absolute atomic E-state index is 0.0565. The Kier molecular flexibility index (Phi) is 3.74. The number of H-pyrrole nitrogens is 1. The molecule has 1 amide bonds. The van der Waals surface area contributed by atoms with Crippen LogP contribution >= 0.6 is 0 Å². The molecule has 2 aromatic heterocycles. The van der Waals surface area contributed by atoms with Gasteiger partial charge in [0.2, 0.25) is 5.91 Å². The van der Waals surface area contributed by atoms with Crippen LogP contribution in [0.15, 0.2) is 18.5 Å². The maximum absolute atomic E-state index is 12.5. The molecule has 1 aliphatic heterocycles. The van der Waals surface area contributed by atoms with Gasteiger partial charge in [-0.3, -0.25) is 14.6 Å². The van der Waals surface area contributed by atoms with E-state index in [1.54, 1.807) is 17.1 Å². The summed E-state index contributed by atoms with van der Waals surface area (Å²) in [4.78, 5) is 12.5. The molecular formula is C14H19N5O2. The van der Waals surface area contributed by atoms with Crippen molar-refractivity contribution in [2.75, 3.05) is 11.9 Å². The quantitative estimate of drug-likeness (QED) is 0.898. The van der Waals surface area contributed by atoms with E-state index < -0.39 is 0 Å². The molecule has 3 heterocycles. The van der Waals surface area contributed by atoms with Crippen molar-refractivity contribution in [2.45, 2.75) is 25.9 Å². The molecule has 21 heavy (non-hydrogen) atoms. The Morgan fingerprint density at radius 2 is 2.43 bits per heavy atom. The van der Waals surface area contributed by atoms with Gasteiger partial charge in [-0.2, -0.15) is 10.2 Å². The lowest BCUT2D eigenvalue weighted by molar-refractivity contribution is -0.129. The molecule has 2 N–H and O–H groups in total. The Hall–Kier alpha value is -2.15. The van der Waals surface area contributed by atoms with Crippen molar-refractivity contribution in [3.63, 3.8) is 0 Å². The molecule has 112 valence electrons. The summed E-state index contributed by atoms with van der Waals surface area (Å²) in [6.07, 6.45) is 4.92. The van der Waals surface area contributed by atoms with Gasteiger partial charge in [0, 0.05) is 37.2 Å². The van der Waals surface area contributed by atoms with Crippen molar-refractivity contribution >= 4 is 11.7 Å². The topological polar surface area (TPSA) is 84.8 Å². The molecular weight excluding hydrogens is 270 g/mol. The average Bonchev–Trinajstić information content (AvgIpc) is 3.10. The third-order valence-electron chi connectivity index (χ3n) is 3.87. The van der Waals surface area contributed by atoms with Crippen LogP contribution in [0.1, 0.15) is 30.2 Å². The lowest BCUT2D eigenvalue weighted by Crippen LogP contribution is -2.33. The summed E-state index contributed by atoms with van der Waals surface area (Å²) in [5, 5.41) is 13.8. The fourth-order valence-electron chi connectivity index (χ4n) is 2.64. The van der Waals surface area contributed by atoms with Crippen LogP contribution in [0.4, 0.5) is 5.82 Å². The van der Waals surface area contributed by atoms with E-state index in [0.717, 1.165) is 24.1 Å². The maximum atomic E-state index is 12.5. The van der Waals surface area contributed by atoms with Gasteiger partial charge in [0.15, 0.2) is 5.82 Å². The summed E-state index contributed by atoms with van der Waals surface area (Å²) >= 11 is 0. The van der Waals surface area contributed by atoms with Crippen LogP contribution in [-0.2, 0) is 16.6 Å². The third kappa shape index (κ3) is 2.82. The number of aromatic nitrogens is 4. The summed E-state index contributed by atoms with van der Waals surface area (Å²) in [6, 6.07) is 1.86. The molecule has 0 aliphatic carbocycles. The average molecular weight is 289 g/mol. The van der Waals surface area contributed by atoms with Crippen molar-refractivity contribution in [1.82, 2.24) is 20.0 Å². The molecule has 3 rings (SSSR count). The number of aryl methyl sites for hydroxylation is 2. The third-order valence-corrected chi connectivity index (χ3v) is 3.87. The molecule has 0 bridgehead atoms. The number of aromatic amines is 1. The van der Waals surface area contributed by atoms with E-state index in [1.807, 2.05) is 20.0 Å². The smallest absolute Gasteiger partial charge is 0.231 e. The van der Waals surface area contributed by atoms with E-state index >= 15 is 0 Å². The van der Waals surface area contributed by atoms with Crippen LogP contribution in [0.2, 0.25) is 0 Å². The second-order valence-electron chi connectivity index (χ2n) is 5.36. The van der Waals surface area contributed by atoms with E-state index in [1.165, 1.54) is 0 Å². The van der Waals surface area contributed by atoms with Gasteiger partial charge in [-0.05, 0) is 19.8 Å². The van der Waals surface area contributed by atoms with Crippen molar-refractivity contribution in [3.8, 4) is 0 Å². The molecule has 0 saturated carbocycles. The van der Waals surface area contributed by atoms with Crippen molar-refractivity contribution in [2.24, 2.45) is 13.0 Å². The van der Waals surface area contributed by atoms with Gasteiger partial charge in [-0.15, -0.1) is 0 Å². The Balaban J connectivity index is 1.75. The molecule has 0 spiro atoms. The Morgan fingerprint density at radius 1 is 1.57 bits per heavy atom. The second-order valence-corrected chi connectivity index (χ2v) is 5.36. The van der Waals surface area contributed by atoms with Gasteiger partial charge in [-0.1, -0.05) is 0 Å². The van der Waals surface area contributed by atoms with E-state index in [-0.39, 0.29) is 17.9 Å². The Morgan fingerprint density at radius 3 is 3.10 bits per heavy atom. The van der Waals surface area contributed by atoms with Crippen molar-refractivity contribution < 1.29 is 9.53 Å². The highest BCUT2D eigenvalue weighted by atomic mass is 16.5. The predicted molar refractivity (Wildman–Crippen MR) is 76.6 cm³/mol. The molecule has 1 saturated heterocycles. The van der Waals surface area contributed by atoms with Gasteiger partial charge < -0.3 is 10.1 Å². The number of amides is 1. The number of hydrogen-bond acceptors (Lipinski definition) is 4. The highest BCUT2D eigenvalue weighted by molar-refractivity contribution is 5.92. The summed E-state index contributed by atoms with van der Waals surface area (Å²) in [6.45, 7) is 2.61. The summed E-state index contributed by atoms with van der Waals surface area (Å²) in [5.41, 5.74) is 1.91. The van der Waals surface area contributed by atoms with Gasteiger partial charge in [-0.25, -0.2) is 0 Å². The number of carbonyl (C=O) groups excluding carboxylic acids is 1. The largest absolute Gasteiger partial charge is 0.373 e. The first-order chi connectivity index (χ1) is 10.1. The van der Waals surface area contributed by atoms with E-state index in [9.17, 15) is 4.79 Å². The highest BCUT2D eigenvalue weighted by Crippen LogP contribution is 2.33. The first kappa shape index (κ1) is 13.8. The number of rotatable bonds is 3. The van der Waals surface area contributed by atoms with E-state index in [0.29, 0.717) is 12.4 Å². The maximum Gasteiger partial charge on any atom is 0.231 e. The second kappa shape index (κ2) is 5.69. The molecule has 0 radical (unpaired) electrons. The van der Waals surface area contributed by atoms with Crippen LogP contribution < -0.4 is 5.32 Å². The molecule has 0 unspecified atom stereocenters. The van der Waals surface area contributed by atoms with Crippen molar-refractivity contribution in [3.05, 3.63) is 29.7 Å². The van der Waals surface area contributed by atoms with Crippen LogP contribution in [0.3, 0.4) is 0 Å². The first-order valence-electron chi connectivity index (χ1n) is 7.07. The van der Waals surface area contributed by atoms with Crippen molar-refractivity contribution in [1.29, 1.82) is 0 Å². The van der Waals surface area contributed by atoms with Gasteiger partial charge in [0.1, 0.15) is 0 Å². The zero-order valence-corrected chi connectivity index (χ0v) is 12.2. The summed E-state index contributed by atoms with van der Waals surface area (Å²) in [5.74, 6) is 0.300. The fourth-order valence-corrected chi connectivity index (χ4v) is 2.64. The lowest BCUT2D eigenvalue weighted by atomic mass is 9.90. The number of carbonyl (C=O) groups is 1. The fraction of sp³-hybridized carbons (Fsp3) is 0.500. The highest BCUT2D eigenvalue weighted by Gasteiger charge is 2.34. The zero-order chi connectivity index (χ0) is 14.8.